The van der Waals surface area contributed by atoms with Crippen LogP contribution in [-0.2, 0) is 6.18 Å². The van der Waals surface area contributed by atoms with E-state index in [0.717, 1.165) is 11.0 Å². The van der Waals surface area contributed by atoms with Crippen LogP contribution in [0.3, 0.4) is 0 Å². The summed E-state index contributed by atoms with van der Waals surface area (Å²) >= 11 is 0. The molecular formula is C8H6F3N5O. The number of aryl methyl sites for hydroxylation is 1. The Balaban J connectivity index is 2.52. The van der Waals surface area contributed by atoms with Crippen LogP contribution < -0.4 is 0 Å². The maximum absolute atomic E-state index is 12.4. The van der Waals surface area contributed by atoms with Crippen LogP contribution in [0.5, 0.6) is 5.88 Å². The highest BCUT2D eigenvalue weighted by Crippen LogP contribution is 2.29. The van der Waals surface area contributed by atoms with E-state index in [1.807, 2.05) is 0 Å². The molecule has 0 unspecified atom stereocenters. The van der Waals surface area contributed by atoms with Gasteiger partial charge in [-0.05, 0) is 6.92 Å². The normalized spacial score (nSPS) is 11.8. The number of nitrogens with zero attached hydrogens (tertiary/aromatic N) is 5. The van der Waals surface area contributed by atoms with Gasteiger partial charge in [0, 0.05) is 6.07 Å². The van der Waals surface area contributed by atoms with E-state index < -0.39 is 23.7 Å². The highest BCUT2D eigenvalue weighted by Gasteiger charge is 2.34. The zero-order chi connectivity index (χ0) is 12.6. The maximum Gasteiger partial charge on any atom is 0.433 e. The summed E-state index contributed by atoms with van der Waals surface area (Å²) in [6.07, 6.45) is -3.50. The number of hydrogen-bond acceptors (Lipinski definition) is 5. The molecule has 1 N–H and O–H groups in total. The highest BCUT2D eigenvalue weighted by atomic mass is 19.4. The smallest absolute Gasteiger partial charge is 0.433 e. The molecule has 90 valence electrons. The molecule has 0 spiro atoms. The van der Waals surface area contributed by atoms with E-state index in [1.54, 1.807) is 6.92 Å². The third-order valence-electron chi connectivity index (χ3n) is 1.80. The molecule has 2 rings (SSSR count). The molecule has 0 saturated heterocycles. The second kappa shape index (κ2) is 3.68. The van der Waals surface area contributed by atoms with Crippen molar-refractivity contribution in [1.29, 1.82) is 0 Å². The Morgan fingerprint density at radius 2 is 2.00 bits per heavy atom. The van der Waals surface area contributed by atoms with Gasteiger partial charge in [0.05, 0.1) is 0 Å². The van der Waals surface area contributed by atoms with Crippen LogP contribution >= 0.6 is 0 Å². The third kappa shape index (κ3) is 2.32. The van der Waals surface area contributed by atoms with Gasteiger partial charge >= 0.3 is 6.18 Å². The Labute approximate surface area is 92.8 Å². The van der Waals surface area contributed by atoms with Crippen LogP contribution in [0.25, 0.3) is 5.95 Å². The SMILES string of the molecule is Cc1ncn(-c2nc(O)cc(C(F)(F)F)n2)n1. The summed E-state index contributed by atoms with van der Waals surface area (Å²) in [6.45, 7) is 1.56. The lowest BCUT2D eigenvalue weighted by Crippen LogP contribution is -2.12. The van der Waals surface area contributed by atoms with Crippen molar-refractivity contribution in [2.75, 3.05) is 0 Å². The Bertz CT molecular complexity index is 550. The van der Waals surface area contributed by atoms with Crippen LogP contribution in [-0.4, -0.2) is 29.8 Å². The van der Waals surface area contributed by atoms with Crippen molar-refractivity contribution >= 4 is 0 Å². The quantitative estimate of drug-likeness (QED) is 0.813. The fraction of sp³-hybridized carbons (Fsp3) is 0.250. The number of alkyl halides is 3. The molecule has 0 aliphatic carbocycles. The van der Waals surface area contributed by atoms with Crippen LogP contribution in [0.2, 0.25) is 0 Å². The van der Waals surface area contributed by atoms with E-state index in [9.17, 15) is 13.2 Å². The number of halogens is 3. The predicted molar refractivity (Wildman–Crippen MR) is 48.4 cm³/mol. The molecule has 0 saturated carbocycles. The minimum Gasteiger partial charge on any atom is -0.493 e. The molecule has 2 heterocycles. The fourth-order valence-electron chi connectivity index (χ4n) is 1.11. The van der Waals surface area contributed by atoms with Gasteiger partial charge in [-0.2, -0.15) is 22.8 Å². The number of aromatic hydroxyl groups is 1. The van der Waals surface area contributed by atoms with Gasteiger partial charge in [-0.15, -0.1) is 5.10 Å². The largest absolute Gasteiger partial charge is 0.493 e. The second-order valence-corrected chi connectivity index (χ2v) is 3.15. The summed E-state index contributed by atoms with van der Waals surface area (Å²) in [5.41, 5.74) is -1.24. The first kappa shape index (κ1) is 11.3. The fourth-order valence-corrected chi connectivity index (χ4v) is 1.11. The van der Waals surface area contributed by atoms with Gasteiger partial charge in [-0.3, -0.25) is 0 Å². The predicted octanol–water partition coefficient (Wildman–Crippen LogP) is 1.09. The summed E-state index contributed by atoms with van der Waals surface area (Å²) in [6, 6.07) is 0.438. The molecule has 6 nitrogen and oxygen atoms in total. The van der Waals surface area contributed by atoms with Crippen LogP contribution in [0.4, 0.5) is 13.2 Å². The van der Waals surface area contributed by atoms with Gasteiger partial charge in [0.1, 0.15) is 12.2 Å². The summed E-state index contributed by atoms with van der Waals surface area (Å²) < 4.78 is 38.2. The Hall–Kier alpha value is -2.19. The Morgan fingerprint density at radius 1 is 1.29 bits per heavy atom. The molecule has 0 bridgehead atoms. The van der Waals surface area contributed by atoms with E-state index in [2.05, 4.69) is 20.1 Å². The minimum absolute atomic E-state index is 0.352. The molecular weight excluding hydrogens is 239 g/mol. The summed E-state index contributed by atoms with van der Waals surface area (Å²) in [5, 5.41) is 12.9. The van der Waals surface area contributed by atoms with E-state index in [-0.39, 0.29) is 0 Å². The van der Waals surface area contributed by atoms with E-state index >= 15 is 0 Å². The molecule has 0 fully saturated rings. The standard InChI is InChI=1S/C8H6F3N5O/c1-4-12-3-16(15-4)7-13-5(8(9,10)11)2-6(17)14-7/h2-3H,1H3,(H,13,14,17). The lowest BCUT2D eigenvalue weighted by atomic mass is 10.4. The second-order valence-electron chi connectivity index (χ2n) is 3.15. The zero-order valence-corrected chi connectivity index (χ0v) is 8.47. The molecule has 0 atom stereocenters. The Morgan fingerprint density at radius 3 is 2.53 bits per heavy atom. The number of aromatic nitrogens is 5. The molecule has 0 aliphatic rings. The van der Waals surface area contributed by atoms with Crippen molar-refractivity contribution in [3.8, 4) is 11.8 Å². The monoisotopic (exact) mass is 245 g/mol. The van der Waals surface area contributed by atoms with Crippen LogP contribution in [0, 0.1) is 6.92 Å². The zero-order valence-electron chi connectivity index (χ0n) is 8.47. The molecule has 0 amide bonds. The van der Waals surface area contributed by atoms with Crippen molar-refractivity contribution in [3.63, 3.8) is 0 Å². The summed E-state index contributed by atoms with van der Waals surface area (Å²) in [5.74, 6) is -0.820. The summed E-state index contributed by atoms with van der Waals surface area (Å²) in [4.78, 5) is 10.4. The average molecular weight is 245 g/mol. The topological polar surface area (TPSA) is 76.7 Å². The van der Waals surface area contributed by atoms with Gasteiger partial charge in [-0.1, -0.05) is 0 Å². The third-order valence-corrected chi connectivity index (χ3v) is 1.80. The van der Waals surface area contributed by atoms with Gasteiger partial charge in [0.15, 0.2) is 5.69 Å². The lowest BCUT2D eigenvalue weighted by Gasteiger charge is -2.07. The van der Waals surface area contributed by atoms with Crippen molar-refractivity contribution in [1.82, 2.24) is 24.7 Å². The lowest BCUT2D eigenvalue weighted by molar-refractivity contribution is -0.141. The highest BCUT2D eigenvalue weighted by molar-refractivity contribution is 5.23. The average Bonchev–Trinajstić information content (AvgIpc) is 2.62. The first-order chi connectivity index (χ1) is 7.86. The van der Waals surface area contributed by atoms with Crippen molar-refractivity contribution < 1.29 is 18.3 Å². The van der Waals surface area contributed by atoms with Gasteiger partial charge < -0.3 is 5.11 Å². The maximum atomic E-state index is 12.4. The molecule has 0 radical (unpaired) electrons. The molecule has 2 aromatic heterocycles. The van der Waals surface area contributed by atoms with E-state index in [0.29, 0.717) is 11.9 Å². The summed E-state index contributed by atoms with van der Waals surface area (Å²) in [7, 11) is 0. The van der Waals surface area contributed by atoms with Crippen molar-refractivity contribution in [3.05, 3.63) is 23.9 Å². The van der Waals surface area contributed by atoms with Crippen molar-refractivity contribution in [2.24, 2.45) is 0 Å². The number of hydrogen-bond donors (Lipinski definition) is 1. The molecule has 0 aliphatic heterocycles. The molecule has 0 aromatic carbocycles. The molecule has 17 heavy (non-hydrogen) atoms. The van der Waals surface area contributed by atoms with Gasteiger partial charge in [0.25, 0.3) is 5.95 Å². The molecule has 2 aromatic rings. The van der Waals surface area contributed by atoms with Crippen LogP contribution in [0.1, 0.15) is 11.5 Å². The molecule has 9 heteroatoms. The first-order valence-electron chi connectivity index (χ1n) is 4.40. The van der Waals surface area contributed by atoms with Crippen molar-refractivity contribution in [2.45, 2.75) is 13.1 Å². The Kier molecular flexibility index (Phi) is 2.45. The van der Waals surface area contributed by atoms with Crippen LogP contribution in [0.15, 0.2) is 12.4 Å². The van der Waals surface area contributed by atoms with E-state index in [1.165, 1.54) is 0 Å². The van der Waals surface area contributed by atoms with Gasteiger partial charge in [-0.25, -0.2) is 9.97 Å². The van der Waals surface area contributed by atoms with E-state index in [4.69, 9.17) is 5.11 Å². The minimum atomic E-state index is -4.66. The van der Waals surface area contributed by atoms with Gasteiger partial charge in [0.2, 0.25) is 5.88 Å². The number of rotatable bonds is 1. The first-order valence-corrected chi connectivity index (χ1v) is 4.40.